The van der Waals surface area contributed by atoms with E-state index in [4.69, 9.17) is 4.98 Å². The fourth-order valence-corrected chi connectivity index (χ4v) is 2.69. The smallest absolute Gasteiger partial charge is 0.171 e. The monoisotopic (exact) mass is 275 g/mol. The van der Waals surface area contributed by atoms with Gasteiger partial charge in [-0.1, -0.05) is 0 Å². The lowest BCUT2D eigenvalue weighted by molar-refractivity contribution is 0.858. The molecule has 0 aromatic carbocycles. The summed E-state index contributed by atoms with van der Waals surface area (Å²) in [5.41, 5.74) is 1.09. The highest BCUT2D eigenvalue weighted by atomic mass is 32.2. The van der Waals surface area contributed by atoms with Gasteiger partial charge in [-0.05, 0) is 38.5 Å². The maximum Gasteiger partial charge on any atom is 0.171 e. The largest absolute Gasteiger partial charge is 0.370 e. The Hall–Kier alpha value is -1.56. The van der Waals surface area contributed by atoms with Gasteiger partial charge in [0.25, 0.3) is 0 Å². The minimum atomic E-state index is 0.550. The molecule has 19 heavy (non-hydrogen) atoms. The number of aromatic amines is 1. The van der Waals surface area contributed by atoms with Gasteiger partial charge < -0.3 is 10.3 Å². The summed E-state index contributed by atoms with van der Waals surface area (Å²) in [5.74, 6) is 2.47. The quantitative estimate of drug-likeness (QED) is 0.821. The topological polar surface area (TPSA) is 66.5 Å². The van der Waals surface area contributed by atoms with Crippen LogP contribution in [0.4, 0.5) is 5.82 Å². The van der Waals surface area contributed by atoms with Crippen molar-refractivity contribution in [1.82, 2.24) is 19.9 Å². The molecule has 0 amide bonds. The van der Waals surface area contributed by atoms with Crippen molar-refractivity contribution in [1.29, 1.82) is 0 Å². The highest BCUT2D eigenvalue weighted by molar-refractivity contribution is 7.99. The molecule has 2 heterocycles. The van der Waals surface area contributed by atoms with Crippen LogP contribution in [0.15, 0.2) is 22.6 Å². The van der Waals surface area contributed by atoms with Gasteiger partial charge in [0.05, 0.1) is 0 Å². The Morgan fingerprint density at radius 2 is 2.26 bits per heavy atom. The van der Waals surface area contributed by atoms with E-state index in [1.54, 1.807) is 18.0 Å². The highest BCUT2D eigenvalue weighted by Gasteiger charge is 2.28. The lowest BCUT2D eigenvalue weighted by Crippen LogP contribution is -2.07. The fourth-order valence-electron chi connectivity index (χ4n) is 1.87. The van der Waals surface area contributed by atoms with Gasteiger partial charge in [-0.15, -0.1) is 0 Å². The molecule has 0 radical (unpaired) electrons. The van der Waals surface area contributed by atoms with Gasteiger partial charge in [0.2, 0.25) is 0 Å². The van der Waals surface area contributed by atoms with E-state index in [1.807, 2.05) is 6.20 Å². The van der Waals surface area contributed by atoms with E-state index in [-0.39, 0.29) is 0 Å². The van der Waals surface area contributed by atoms with E-state index < -0.39 is 0 Å². The zero-order valence-corrected chi connectivity index (χ0v) is 11.9. The molecule has 5 nitrogen and oxygen atoms in total. The zero-order valence-electron chi connectivity index (χ0n) is 11.1. The van der Waals surface area contributed by atoms with Crippen LogP contribution in [0.3, 0.4) is 0 Å². The SMILES string of the molecule is CCNc1nc(C2CC2)nc(Sc2ncc[nH]2)c1C. The minimum absolute atomic E-state index is 0.550. The van der Waals surface area contributed by atoms with Gasteiger partial charge in [-0.2, -0.15) is 0 Å². The van der Waals surface area contributed by atoms with Crippen molar-refractivity contribution in [2.45, 2.75) is 42.8 Å². The molecular formula is C13H17N5S. The lowest BCUT2D eigenvalue weighted by atomic mass is 10.3. The Kier molecular flexibility index (Phi) is 3.42. The molecule has 2 N–H and O–H groups in total. The van der Waals surface area contributed by atoms with Crippen molar-refractivity contribution in [2.24, 2.45) is 0 Å². The maximum absolute atomic E-state index is 4.70. The van der Waals surface area contributed by atoms with Crippen LogP contribution in [-0.4, -0.2) is 26.5 Å². The average Bonchev–Trinajstić information content (AvgIpc) is 3.13. The van der Waals surface area contributed by atoms with Crippen LogP contribution >= 0.6 is 11.8 Å². The maximum atomic E-state index is 4.70. The van der Waals surface area contributed by atoms with Gasteiger partial charge in [-0.3, -0.25) is 0 Å². The number of hydrogen-bond acceptors (Lipinski definition) is 5. The molecule has 1 saturated carbocycles. The number of imidazole rings is 1. The summed E-state index contributed by atoms with van der Waals surface area (Å²) in [7, 11) is 0. The van der Waals surface area contributed by atoms with Crippen LogP contribution < -0.4 is 5.32 Å². The molecule has 0 bridgehead atoms. The van der Waals surface area contributed by atoms with Gasteiger partial charge in [0.1, 0.15) is 16.7 Å². The molecular weight excluding hydrogens is 258 g/mol. The Morgan fingerprint density at radius 1 is 1.42 bits per heavy atom. The van der Waals surface area contributed by atoms with Crippen LogP contribution in [0, 0.1) is 6.92 Å². The number of hydrogen-bond donors (Lipinski definition) is 2. The van der Waals surface area contributed by atoms with Crippen molar-refractivity contribution in [3.63, 3.8) is 0 Å². The first kappa shape index (κ1) is 12.5. The van der Waals surface area contributed by atoms with Crippen molar-refractivity contribution < 1.29 is 0 Å². The van der Waals surface area contributed by atoms with Crippen molar-refractivity contribution >= 4 is 17.6 Å². The van der Waals surface area contributed by atoms with Crippen molar-refractivity contribution in [3.8, 4) is 0 Å². The van der Waals surface area contributed by atoms with Crippen LogP contribution in [0.25, 0.3) is 0 Å². The molecule has 2 aromatic heterocycles. The fraction of sp³-hybridized carbons (Fsp3) is 0.462. The zero-order chi connectivity index (χ0) is 13.2. The Bertz CT molecular complexity index is 563. The molecule has 1 fully saturated rings. The summed E-state index contributed by atoms with van der Waals surface area (Å²) >= 11 is 1.56. The van der Waals surface area contributed by atoms with Gasteiger partial charge in [0.15, 0.2) is 5.16 Å². The third-order valence-electron chi connectivity index (χ3n) is 3.07. The standard InChI is InChI=1S/C13H17N5S/c1-3-14-10-8(2)12(19-13-15-6-7-16-13)18-11(17-10)9-4-5-9/h6-7,9H,3-5H2,1-2H3,(H,15,16)(H,14,17,18). The van der Waals surface area contributed by atoms with E-state index >= 15 is 0 Å². The summed E-state index contributed by atoms with van der Waals surface area (Å²) in [6, 6.07) is 0. The third kappa shape index (κ3) is 2.73. The van der Waals surface area contributed by atoms with E-state index in [0.29, 0.717) is 5.92 Å². The van der Waals surface area contributed by atoms with Crippen LogP contribution in [0.5, 0.6) is 0 Å². The number of anilines is 1. The Morgan fingerprint density at radius 3 is 2.89 bits per heavy atom. The van der Waals surface area contributed by atoms with Gasteiger partial charge in [0, 0.05) is 30.4 Å². The predicted molar refractivity (Wildman–Crippen MR) is 75.6 cm³/mol. The number of nitrogens with zero attached hydrogens (tertiary/aromatic N) is 3. The Balaban J connectivity index is 1.96. The molecule has 100 valence electrons. The second kappa shape index (κ2) is 5.21. The summed E-state index contributed by atoms with van der Waals surface area (Å²) in [6.45, 7) is 5.00. The number of aromatic nitrogens is 4. The van der Waals surface area contributed by atoms with Crippen LogP contribution in [0.1, 0.15) is 37.1 Å². The normalized spacial score (nSPS) is 14.6. The summed E-state index contributed by atoms with van der Waals surface area (Å²) in [4.78, 5) is 16.7. The first-order chi connectivity index (χ1) is 9.28. The van der Waals surface area contributed by atoms with Gasteiger partial charge >= 0.3 is 0 Å². The van der Waals surface area contributed by atoms with E-state index in [1.165, 1.54) is 12.8 Å². The third-order valence-corrected chi connectivity index (χ3v) is 4.08. The van der Waals surface area contributed by atoms with Crippen molar-refractivity contribution in [2.75, 3.05) is 11.9 Å². The van der Waals surface area contributed by atoms with Gasteiger partial charge in [-0.25, -0.2) is 15.0 Å². The molecule has 3 rings (SSSR count). The lowest BCUT2D eigenvalue weighted by Gasteiger charge is -2.11. The van der Waals surface area contributed by atoms with Crippen LogP contribution in [-0.2, 0) is 0 Å². The first-order valence-corrected chi connectivity index (χ1v) is 7.39. The first-order valence-electron chi connectivity index (χ1n) is 6.57. The molecule has 0 spiro atoms. The predicted octanol–water partition coefficient (Wildman–Crippen LogP) is 2.97. The second-order valence-electron chi connectivity index (χ2n) is 4.66. The number of nitrogens with one attached hydrogen (secondary N) is 2. The van der Waals surface area contributed by atoms with Crippen LogP contribution in [0.2, 0.25) is 0 Å². The number of H-pyrrole nitrogens is 1. The minimum Gasteiger partial charge on any atom is -0.370 e. The molecule has 0 atom stereocenters. The van der Waals surface area contributed by atoms with E-state index in [9.17, 15) is 0 Å². The average molecular weight is 275 g/mol. The number of rotatable bonds is 5. The molecule has 6 heteroatoms. The molecule has 1 aliphatic carbocycles. The summed E-state index contributed by atoms with van der Waals surface area (Å²) in [6.07, 6.45) is 6.00. The molecule has 1 aliphatic rings. The molecule has 0 unspecified atom stereocenters. The molecule has 2 aromatic rings. The molecule has 0 aliphatic heterocycles. The molecule has 0 saturated heterocycles. The highest BCUT2D eigenvalue weighted by Crippen LogP contribution is 2.40. The second-order valence-corrected chi connectivity index (χ2v) is 5.64. The Labute approximate surface area is 116 Å². The summed E-state index contributed by atoms with van der Waals surface area (Å²) in [5, 5.41) is 5.18. The van der Waals surface area contributed by atoms with Crippen molar-refractivity contribution in [3.05, 3.63) is 23.8 Å². The summed E-state index contributed by atoms with van der Waals surface area (Å²) < 4.78 is 0. The van der Waals surface area contributed by atoms with E-state index in [0.717, 1.165) is 33.9 Å². The van der Waals surface area contributed by atoms with E-state index in [2.05, 4.69) is 34.1 Å².